The Hall–Kier alpha value is -3.07. The highest BCUT2D eigenvalue weighted by Crippen LogP contribution is 2.19. The minimum absolute atomic E-state index is 0.0346. The normalized spacial score (nSPS) is 10.3. The first-order valence-corrected chi connectivity index (χ1v) is 8.79. The lowest BCUT2D eigenvalue weighted by atomic mass is 10.0. The number of rotatable bonds is 7. The summed E-state index contributed by atoms with van der Waals surface area (Å²) < 4.78 is 5.33. The maximum absolute atomic E-state index is 12.2. The monoisotopic (exact) mass is 345 g/mol. The molecule has 0 aliphatic rings. The molecular formula is C23H23NO2. The van der Waals surface area contributed by atoms with Gasteiger partial charge in [0.05, 0.1) is 13.5 Å². The molecule has 0 aromatic heterocycles. The van der Waals surface area contributed by atoms with Gasteiger partial charge in [-0.1, -0.05) is 72.8 Å². The van der Waals surface area contributed by atoms with Crippen LogP contribution >= 0.6 is 0 Å². The lowest BCUT2D eigenvalue weighted by molar-refractivity contribution is -0.120. The van der Waals surface area contributed by atoms with Crippen molar-refractivity contribution in [2.24, 2.45) is 0 Å². The summed E-state index contributed by atoms with van der Waals surface area (Å²) in [5.41, 5.74) is 4.45. The molecule has 0 heterocycles. The molecule has 0 bridgehead atoms. The summed E-state index contributed by atoms with van der Waals surface area (Å²) in [7, 11) is 1.66. The van der Waals surface area contributed by atoms with Gasteiger partial charge < -0.3 is 10.1 Å². The molecule has 0 saturated carbocycles. The smallest absolute Gasteiger partial charge is 0.224 e. The molecule has 3 nitrogen and oxygen atoms in total. The number of amides is 1. The molecule has 0 radical (unpaired) electrons. The van der Waals surface area contributed by atoms with E-state index in [1.165, 1.54) is 5.56 Å². The highest BCUT2D eigenvalue weighted by molar-refractivity contribution is 5.78. The SMILES string of the molecule is COc1ccccc1CCNC(=O)Cc1ccc(-c2ccccc2)cc1. The van der Waals surface area contributed by atoms with Gasteiger partial charge in [0.1, 0.15) is 5.75 Å². The molecule has 0 unspecified atom stereocenters. The summed E-state index contributed by atoms with van der Waals surface area (Å²) >= 11 is 0. The third-order valence-corrected chi connectivity index (χ3v) is 4.33. The molecule has 0 fully saturated rings. The van der Waals surface area contributed by atoms with Crippen molar-refractivity contribution in [1.82, 2.24) is 5.32 Å². The summed E-state index contributed by atoms with van der Waals surface area (Å²) in [6, 6.07) is 26.3. The van der Waals surface area contributed by atoms with Gasteiger partial charge in [-0.25, -0.2) is 0 Å². The lowest BCUT2D eigenvalue weighted by Gasteiger charge is -2.09. The van der Waals surface area contributed by atoms with Crippen LogP contribution in [-0.4, -0.2) is 19.6 Å². The third-order valence-electron chi connectivity index (χ3n) is 4.33. The second kappa shape index (κ2) is 8.86. The second-order valence-electron chi connectivity index (χ2n) is 6.15. The van der Waals surface area contributed by atoms with Crippen LogP contribution in [0.25, 0.3) is 11.1 Å². The van der Waals surface area contributed by atoms with E-state index in [9.17, 15) is 4.79 Å². The predicted molar refractivity (Wildman–Crippen MR) is 105 cm³/mol. The van der Waals surface area contributed by atoms with Crippen molar-refractivity contribution in [3.05, 3.63) is 90.0 Å². The quantitative estimate of drug-likeness (QED) is 0.695. The van der Waals surface area contributed by atoms with Gasteiger partial charge in [-0.3, -0.25) is 4.79 Å². The summed E-state index contributed by atoms with van der Waals surface area (Å²) in [4.78, 5) is 12.2. The minimum atomic E-state index is 0.0346. The number of carbonyl (C=O) groups excluding carboxylic acids is 1. The van der Waals surface area contributed by atoms with Crippen molar-refractivity contribution in [1.29, 1.82) is 0 Å². The second-order valence-corrected chi connectivity index (χ2v) is 6.15. The minimum Gasteiger partial charge on any atom is -0.496 e. The van der Waals surface area contributed by atoms with Gasteiger partial charge in [-0.05, 0) is 34.7 Å². The Balaban J connectivity index is 1.50. The van der Waals surface area contributed by atoms with Crippen LogP contribution in [0.3, 0.4) is 0 Å². The molecule has 1 N–H and O–H groups in total. The molecule has 1 amide bonds. The average Bonchev–Trinajstić information content (AvgIpc) is 2.69. The van der Waals surface area contributed by atoms with Gasteiger partial charge >= 0.3 is 0 Å². The van der Waals surface area contributed by atoms with E-state index in [1.54, 1.807) is 7.11 Å². The van der Waals surface area contributed by atoms with E-state index in [0.29, 0.717) is 13.0 Å². The van der Waals surface area contributed by atoms with Crippen molar-refractivity contribution < 1.29 is 9.53 Å². The molecule has 3 rings (SSSR count). The Morgan fingerprint density at radius 2 is 1.50 bits per heavy atom. The Labute approximate surface area is 154 Å². The highest BCUT2D eigenvalue weighted by Gasteiger charge is 2.06. The van der Waals surface area contributed by atoms with Gasteiger partial charge in [0.25, 0.3) is 0 Å². The molecule has 26 heavy (non-hydrogen) atoms. The maximum atomic E-state index is 12.2. The largest absolute Gasteiger partial charge is 0.496 e. The number of hydrogen-bond acceptors (Lipinski definition) is 2. The number of methoxy groups -OCH3 is 1. The predicted octanol–water partition coefficient (Wildman–Crippen LogP) is 4.26. The molecule has 132 valence electrons. The van der Waals surface area contributed by atoms with E-state index >= 15 is 0 Å². The van der Waals surface area contributed by atoms with Crippen LogP contribution in [0.2, 0.25) is 0 Å². The van der Waals surface area contributed by atoms with Crippen molar-refractivity contribution in [2.75, 3.05) is 13.7 Å². The molecule has 3 heteroatoms. The van der Waals surface area contributed by atoms with Crippen LogP contribution in [0.5, 0.6) is 5.75 Å². The number of benzene rings is 3. The maximum Gasteiger partial charge on any atom is 0.224 e. The van der Waals surface area contributed by atoms with Crippen LogP contribution < -0.4 is 10.1 Å². The first-order valence-electron chi connectivity index (χ1n) is 8.79. The topological polar surface area (TPSA) is 38.3 Å². The van der Waals surface area contributed by atoms with Gasteiger partial charge in [0.2, 0.25) is 5.91 Å². The van der Waals surface area contributed by atoms with Crippen molar-refractivity contribution in [3.8, 4) is 16.9 Å². The summed E-state index contributed by atoms with van der Waals surface area (Å²) in [5, 5.41) is 2.98. The van der Waals surface area contributed by atoms with E-state index in [-0.39, 0.29) is 5.91 Å². The van der Waals surface area contributed by atoms with E-state index in [0.717, 1.165) is 28.9 Å². The van der Waals surface area contributed by atoms with E-state index in [1.807, 2.05) is 54.6 Å². The third kappa shape index (κ3) is 4.73. The Kier molecular flexibility index (Phi) is 6.05. The van der Waals surface area contributed by atoms with Crippen molar-refractivity contribution in [2.45, 2.75) is 12.8 Å². The lowest BCUT2D eigenvalue weighted by Crippen LogP contribution is -2.27. The fourth-order valence-electron chi connectivity index (χ4n) is 2.94. The zero-order valence-electron chi connectivity index (χ0n) is 14.9. The van der Waals surface area contributed by atoms with Crippen molar-refractivity contribution in [3.63, 3.8) is 0 Å². The fraction of sp³-hybridized carbons (Fsp3) is 0.174. The zero-order chi connectivity index (χ0) is 18.2. The first-order chi connectivity index (χ1) is 12.8. The molecule has 3 aromatic carbocycles. The Bertz CT molecular complexity index is 842. The van der Waals surface area contributed by atoms with Crippen LogP contribution in [0.1, 0.15) is 11.1 Å². The van der Waals surface area contributed by atoms with Gasteiger partial charge in [-0.15, -0.1) is 0 Å². The van der Waals surface area contributed by atoms with Gasteiger partial charge in [-0.2, -0.15) is 0 Å². The zero-order valence-corrected chi connectivity index (χ0v) is 14.9. The Morgan fingerprint density at radius 1 is 0.846 bits per heavy atom. The number of nitrogens with one attached hydrogen (secondary N) is 1. The molecule has 0 saturated heterocycles. The summed E-state index contributed by atoms with van der Waals surface area (Å²) in [5.74, 6) is 0.894. The van der Waals surface area contributed by atoms with E-state index in [2.05, 4.69) is 29.6 Å². The number of ether oxygens (including phenoxy) is 1. The number of hydrogen-bond donors (Lipinski definition) is 1. The van der Waals surface area contributed by atoms with Crippen LogP contribution in [0, 0.1) is 0 Å². The highest BCUT2D eigenvalue weighted by atomic mass is 16.5. The summed E-state index contributed by atoms with van der Waals surface area (Å²) in [6.07, 6.45) is 1.14. The summed E-state index contributed by atoms with van der Waals surface area (Å²) in [6.45, 7) is 0.599. The Morgan fingerprint density at radius 3 is 2.23 bits per heavy atom. The van der Waals surface area contributed by atoms with Gasteiger partial charge in [0.15, 0.2) is 0 Å². The number of carbonyl (C=O) groups is 1. The number of para-hydroxylation sites is 1. The van der Waals surface area contributed by atoms with Crippen LogP contribution in [0.4, 0.5) is 0 Å². The first kappa shape index (κ1) is 17.7. The molecule has 0 aliphatic heterocycles. The molecule has 0 aliphatic carbocycles. The molecule has 0 spiro atoms. The van der Waals surface area contributed by atoms with E-state index < -0.39 is 0 Å². The van der Waals surface area contributed by atoms with Crippen LogP contribution in [0.15, 0.2) is 78.9 Å². The molecule has 0 atom stereocenters. The molecular weight excluding hydrogens is 322 g/mol. The van der Waals surface area contributed by atoms with Crippen LogP contribution in [-0.2, 0) is 17.6 Å². The fourth-order valence-corrected chi connectivity index (χ4v) is 2.94. The molecule has 3 aromatic rings. The van der Waals surface area contributed by atoms with E-state index in [4.69, 9.17) is 4.74 Å². The van der Waals surface area contributed by atoms with Gasteiger partial charge in [0, 0.05) is 6.54 Å². The standard InChI is InChI=1S/C23H23NO2/c1-26-22-10-6-5-9-21(22)15-16-24-23(25)17-18-11-13-20(14-12-18)19-7-3-2-4-8-19/h2-14H,15-17H2,1H3,(H,24,25). The van der Waals surface area contributed by atoms with Crippen molar-refractivity contribution >= 4 is 5.91 Å². The average molecular weight is 345 g/mol.